The van der Waals surface area contributed by atoms with Crippen molar-refractivity contribution >= 4 is 0 Å². The molecule has 0 amide bonds. The summed E-state index contributed by atoms with van der Waals surface area (Å²) in [7, 11) is 1.62. The molecule has 0 spiro atoms. The summed E-state index contributed by atoms with van der Waals surface area (Å²) in [6, 6.07) is 14.9. The van der Waals surface area contributed by atoms with Crippen LogP contribution in [0.3, 0.4) is 0 Å². The molecule has 19 heavy (non-hydrogen) atoms. The normalized spacial score (nSPS) is 11.9. The number of aliphatic hydroxyl groups is 1. The van der Waals surface area contributed by atoms with Gasteiger partial charge in [0.2, 0.25) is 0 Å². The maximum absolute atomic E-state index is 10.4. The molecule has 0 aliphatic heterocycles. The molecule has 2 aromatic carbocycles. The molecule has 3 heteroatoms. The van der Waals surface area contributed by atoms with Gasteiger partial charge < -0.3 is 14.6 Å². The zero-order valence-corrected chi connectivity index (χ0v) is 11.2. The third kappa shape index (κ3) is 3.26. The standard InChI is InChI=1S/C16H18O3/c1-3-19-15-6-4-5-13(11-15)16(17)12-7-9-14(18-2)10-8-12/h4-11,16-17H,3H2,1-2H3. The van der Waals surface area contributed by atoms with Gasteiger partial charge in [-0.2, -0.15) is 0 Å². The smallest absolute Gasteiger partial charge is 0.119 e. The fourth-order valence-electron chi connectivity index (χ4n) is 1.92. The highest BCUT2D eigenvalue weighted by Crippen LogP contribution is 2.26. The van der Waals surface area contributed by atoms with Gasteiger partial charge in [0.15, 0.2) is 0 Å². The third-order valence-electron chi connectivity index (χ3n) is 2.92. The molecule has 0 aliphatic carbocycles. The van der Waals surface area contributed by atoms with E-state index in [4.69, 9.17) is 9.47 Å². The summed E-state index contributed by atoms with van der Waals surface area (Å²) in [5.41, 5.74) is 1.64. The van der Waals surface area contributed by atoms with Crippen LogP contribution in [0.15, 0.2) is 48.5 Å². The van der Waals surface area contributed by atoms with Crippen molar-refractivity contribution in [1.82, 2.24) is 0 Å². The minimum absolute atomic E-state index is 0.613. The van der Waals surface area contributed by atoms with E-state index in [0.29, 0.717) is 6.61 Å². The van der Waals surface area contributed by atoms with Crippen LogP contribution >= 0.6 is 0 Å². The number of benzene rings is 2. The van der Waals surface area contributed by atoms with Crippen molar-refractivity contribution in [3.63, 3.8) is 0 Å². The number of hydrogen-bond acceptors (Lipinski definition) is 3. The maximum Gasteiger partial charge on any atom is 0.119 e. The van der Waals surface area contributed by atoms with Crippen LogP contribution in [0.25, 0.3) is 0 Å². The van der Waals surface area contributed by atoms with E-state index in [2.05, 4.69) is 0 Å². The van der Waals surface area contributed by atoms with Gasteiger partial charge in [0.1, 0.15) is 17.6 Å². The number of methoxy groups -OCH3 is 1. The second-order valence-electron chi connectivity index (χ2n) is 4.18. The van der Waals surface area contributed by atoms with Crippen LogP contribution in [0.4, 0.5) is 0 Å². The molecule has 0 heterocycles. The number of aliphatic hydroxyl groups excluding tert-OH is 1. The third-order valence-corrected chi connectivity index (χ3v) is 2.92. The predicted octanol–water partition coefficient (Wildman–Crippen LogP) is 3.18. The van der Waals surface area contributed by atoms with E-state index < -0.39 is 6.10 Å². The van der Waals surface area contributed by atoms with Gasteiger partial charge in [-0.25, -0.2) is 0 Å². The van der Waals surface area contributed by atoms with E-state index in [9.17, 15) is 5.11 Å². The summed E-state index contributed by atoms with van der Waals surface area (Å²) in [4.78, 5) is 0. The van der Waals surface area contributed by atoms with Crippen molar-refractivity contribution in [1.29, 1.82) is 0 Å². The van der Waals surface area contributed by atoms with Gasteiger partial charge in [0, 0.05) is 0 Å². The van der Waals surface area contributed by atoms with Crippen LogP contribution in [0.1, 0.15) is 24.2 Å². The summed E-state index contributed by atoms with van der Waals surface area (Å²) in [6.45, 7) is 2.55. The Kier molecular flexibility index (Phi) is 4.42. The second kappa shape index (κ2) is 6.25. The molecule has 1 atom stereocenters. The molecule has 2 rings (SSSR count). The minimum atomic E-state index is -0.661. The number of hydrogen-bond donors (Lipinski definition) is 1. The van der Waals surface area contributed by atoms with Gasteiger partial charge in [-0.15, -0.1) is 0 Å². The number of rotatable bonds is 5. The van der Waals surface area contributed by atoms with E-state index in [-0.39, 0.29) is 0 Å². The molecule has 0 bridgehead atoms. The zero-order chi connectivity index (χ0) is 13.7. The Morgan fingerprint density at radius 1 is 1.00 bits per heavy atom. The lowest BCUT2D eigenvalue weighted by molar-refractivity contribution is 0.219. The Hall–Kier alpha value is -2.00. The van der Waals surface area contributed by atoms with E-state index in [1.165, 1.54) is 0 Å². The fraction of sp³-hybridized carbons (Fsp3) is 0.250. The first-order chi connectivity index (χ1) is 9.24. The molecular formula is C16H18O3. The molecule has 0 saturated carbocycles. The molecule has 0 aliphatic rings. The minimum Gasteiger partial charge on any atom is -0.497 e. The summed E-state index contributed by atoms with van der Waals surface area (Å²) < 4.78 is 10.5. The van der Waals surface area contributed by atoms with E-state index in [1.54, 1.807) is 7.11 Å². The lowest BCUT2D eigenvalue weighted by atomic mass is 10.0. The summed E-state index contributed by atoms with van der Waals surface area (Å²) >= 11 is 0. The quantitative estimate of drug-likeness (QED) is 0.895. The van der Waals surface area contributed by atoms with E-state index >= 15 is 0 Å². The molecular weight excluding hydrogens is 240 g/mol. The van der Waals surface area contributed by atoms with Crippen LogP contribution in [-0.4, -0.2) is 18.8 Å². The van der Waals surface area contributed by atoms with Crippen LogP contribution in [0.2, 0.25) is 0 Å². The van der Waals surface area contributed by atoms with Crippen molar-refractivity contribution < 1.29 is 14.6 Å². The van der Waals surface area contributed by atoms with Crippen molar-refractivity contribution in [3.8, 4) is 11.5 Å². The average molecular weight is 258 g/mol. The molecule has 2 aromatic rings. The largest absolute Gasteiger partial charge is 0.497 e. The highest BCUT2D eigenvalue weighted by Gasteiger charge is 2.11. The molecule has 0 aromatic heterocycles. The Morgan fingerprint density at radius 2 is 1.74 bits per heavy atom. The monoisotopic (exact) mass is 258 g/mol. The first-order valence-electron chi connectivity index (χ1n) is 6.29. The lowest BCUT2D eigenvalue weighted by Gasteiger charge is -2.13. The summed E-state index contributed by atoms with van der Waals surface area (Å²) in [6.07, 6.45) is -0.661. The van der Waals surface area contributed by atoms with Gasteiger partial charge in [-0.3, -0.25) is 0 Å². The van der Waals surface area contributed by atoms with Gasteiger partial charge in [-0.05, 0) is 42.3 Å². The molecule has 0 fully saturated rings. The number of ether oxygens (including phenoxy) is 2. The SMILES string of the molecule is CCOc1cccc(C(O)c2ccc(OC)cc2)c1. The van der Waals surface area contributed by atoms with Gasteiger partial charge in [-0.1, -0.05) is 24.3 Å². The second-order valence-corrected chi connectivity index (χ2v) is 4.18. The maximum atomic E-state index is 10.4. The highest BCUT2D eigenvalue weighted by atomic mass is 16.5. The molecule has 3 nitrogen and oxygen atoms in total. The summed E-state index contributed by atoms with van der Waals surface area (Å²) in [5.74, 6) is 1.55. The molecule has 1 unspecified atom stereocenters. The van der Waals surface area contributed by atoms with Crippen molar-refractivity contribution in [2.24, 2.45) is 0 Å². The topological polar surface area (TPSA) is 38.7 Å². The Balaban J connectivity index is 2.22. The van der Waals surface area contributed by atoms with E-state index in [1.807, 2.05) is 55.5 Å². The van der Waals surface area contributed by atoms with Crippen molar-refractivity contribution in [2.45, 2.75) is 13.0 Å². The highest BCUT2D eigenvalue weighted by molar-refractivity contribution is 5.37. The van der Waals surface area contributed by atoms with Crippen LogP contribution in [0, 0.1) is 0 Å². The van der Waals surface area contributed by atoms with Gasteiger partial charge >= 0.3 is 0 Å². The first-order valence-corrected chi connectivity index (χ1v) is 6.29. The van der Waals surface area contributed by atoms with Crippen LogP contribution in [-0.2, 0) is 0 Å². The molecule has 1 N–H and O–H groups in total. The molecule has 0 radical (unpaired) electrons. The van der Waals surface area contributed by atoms with Gasteiger partial charge in [0.25, 0.3) is 0 Å². The van der Waals surface area contributed by atoms with Crippen LogP contribution in [0.5, 0.6) is 11.5 Å². The first kappa shape index (κ1) is 13.4. The zero-order valence-electron chi connectivity index (χ0n) is 11.2. The fourth-order valence-corrected chi connectivity index (χ4v) is 1.92. The molecule has 100 valence electrons. The van der Waals surface area contributed by atoms with Gasteiger partial charge in [0.05, 0.1) is 13.7 Å². The van der Waals surface area contributed by atoms with E-state index in [0.717, 1.165) is 22.6 Å². The Morgan fingerprint density at radius 3 is 2.37 bits per heavy atom. The Bertz CT molecular complexity index is 520. The van der Waals surface area contributed by atoms with Crippen LogP contribution < -0.4 is 9.47 Å². The van der Waals surface area contributed by atoms with Crippen molar-refractivity contribution in [2.75, 3.05) is 13.7 Å². The lowest BCUT2D eigenvalue weighted by Crippen LogP contribution is -2.00. The average Bonchev–Trinajstić information content (AvgIpc) is 2.47. The van der Waals surface area contributed by atoms with Crippen molar-refractivity contribution in [3.05, 3.63) is 59.7 Å². The predicted molar refractivity (Wildman–Crippen MR) is 74.7 cm³/mol. The molecule has 0 saturated heterocycles. The summed E-state index contributed by atoms with van der Waals surface area (Å²) in [5, 5.41) is 10.4. The Labute approximate surface area is 113 Å².